The zero-order chi connectivity index (χ0) is 21.3. The Bertz CT molecular complexity index is 841. The summed E-state index contributed by atoms with van der Waals surface area (Å²) in [6.07, 6.45) is 6.45. The van der Waals surface area contributed by atoms with Crippen molar-refractivity contribution in [2.45, 2.75) is 58.9 Å². The second-order valence-electron chi connectivity index (χ2n) is 7.81. The van der Waals surface area contributed by atoms with E-state index in [9.17, 15) is 4.79 Å². The molecule has 172 valence electrons. The van der Waals surface area contributed by atoms with Crippen molar-refractivity contribution in [3.63, 3.8) is 0 Å². The number of carbonyl (C=O) groups excluding carboxylic acids is 1. The van der Waals surface area contributed by atoms with Gasteiger partial charge in [0.1, 0.15) is 5.82 Å². The van der Waals surface area contributed by atoms with Gasteiger partial charge in [0.2, 0.25) is 5.91 Å². The minimum absolute atomic E-state index is 0. The first-order valence-corrected chi connectivity index (χ1v) is 11.3. The van der Waals surface area contributed by atoms with Crippen LogP contribution in [0.25, 0.3) is 5.65 Å². The van der Waals surface area contributed by atoms with E-state index in [2.05, 4.69) is 41.6 Å². The summed E-state index contributed by atoms with van der Waals surface area (Å²) in [5, 5.41) is 15.3. The number of hydrogen-bond donors (Lipinski definition) is 2. The monoisotopic (exact) mass is 541 g/mol. The van der Waals surface area contributed by atoms with Crippen molar-refractivity contribution in [2.75, 3.05) is 26.2 Å². The summed E-state index contributed by atoms with van der Waals surface area (Å²) in [7, 11) is 0. The number of pyridine rings is 1. The summed E-state index contributed by atoms with van der Waals surface area (Å²) in [6.45, 7) is 9.35. The fraction of sp³-hybridized carbons (Fsp3) is 0.636. The Morgan fingerprint density at radius 1 is 1.19 bits per heavy atom. The van der Waals surface area contributed by atoms with E-state index in [0.717, 1.165) is 69.2 Å². The molecule has 0 spiro atoms. The van der Waals surface area contributed by atoms with Gasteiger partial charge < -0.3 is 15.5 Å². The number of piperidine rings is 1. The number of nitrogens with zero attached hydrogens (tertiary/aromatic N) is 5. The number of aromatic nitrogens is 3. The number of nitrogens with one attached hydrogen (secondary N) is 2. The standard InChI is InChI=1S/C22H35N7O.HI/c1-4-17(5-2)21(30)28-15-11-18(12-16-28)25-22(23-6-3)24-13-10-20-27-26-19-9-7-8-14-29(19)20;/h7-9,14,17-18H,4-6,10-13,15-16H2,1-3H3,(H2,23,24,25);1H. The van der Waals surface area contributed by atoms with Crippen LogP contribution in [-0.4, -0.2) is 63.6 Å². The molecule has 0 unspecified atom stereocenters. The Kier molecular flexibility index (Phi) is 10.5. The van der Waals surface area contributed by atoms with Gasteiger partial charge in [-0.15, -0.1) is 34.2 Å². The van der Waals surface area contributed by atoms with Crippen LogP contribution in [0, 0.1) is 5.92 Å². The summed E-state index contributed by atoms with van der Waals surface area (Å²) in [5.41, 5.74) is 0.858. The Labute approximate surface area is 202 Å². The molecule has 8 nitrogen and oxygen atoms in total. The third kappa shape index (κ3) is 6.78. The largest absolute Gasteiger partial charge is 0.357 e. The minimum Gasteiger partial charge on any atom is -0.357 e. The molecule has 31 heavy (non-hydrogen) atoms. The molecule has 9 heteroatoms. The SMILES string of the molecule is CCNC(=NCCc1nnc2ccccn12)NC1CCN(C(=O)C(CC)CC)CC1.I. The van der Waals surface area contributed by atoms with Crippen molar-refractivity contribution in [3.05, 3.63) is 30.2 Å². The zero-order valence-electron chi connectivity index (χ0n) is 18.9. The fourth-order valence-corrected chi connectivity index (χ4v) is 3.98. The summed E-state index contributed by atoms with van der Waals surface area (Å²) >= 11 is 0. The number of likely N-dealkylation sites (tertiary alicyclic amines) is 1. The predicted octanol–water partition coefficient (Wildman–Crippen LogP) is 2.87. The van der Waals surface area contributed by atoms with E-state index in [1.54, 1.807) is 0 Å². The topological polar surface area (TPSA) is 86.9 Å². The lowest BCUT2D eigenvalue weighted by Gasteiger charge is -2.34. The molecule has 2 aromatic rings. The molecule has 2 N–H and O–H groups in total. The lowest BCUT2D eigenvalue weighted by Crippen LogP contribution is -2.50. The van der Waals surface area contributed by atoms with Crippen molar-refractivity contribution in [3.8, 4) is 0 Å². The molecule has 0 bridgehead atoms. The molecule has 0 radical (unpaired) electrons. The van der Waals surface area contributed by atoms with E-state index in [1.807, 2.05) is 33.7 Å². The van der Waals surface area contributed by atoms with E-state index in [0.29, 0.717) is 18.5 Å². The lowest BCUT2D eigenvalue weighted by molar-refractivity contribution is -0.136. The quantitative estimate of drug-likeness (QED) is 0.305. The average Bonchev–Trinajstić information content (AvgIpc) is 3.18. The molecule has 1 fully saturated rings. The summed E-state index contributed by atoms with van der Waals surface area (Å²) in [5.74, 6) is 2.23. The molecular weight excluding hydrogens is 505 g/mol. The molecule has 3 heterocycles. The predicted molar refractivity (Wildman–Crippen MR) is 135 cm³/mol. The Hall–Kier alpha value is -1.91. The van der Waals surface area contributed by atoms with Crippen LogP contribution in [0.15, 0.2) is 29.4 Å². The molecule has 3 rings (SSSR count). The first-order valence-electron chi connectivity index (χ1n) is 11.3. The first-order chi connectivity index (χ1) is 14.7. The van der Waals surface area contributed by atoms with Crippen LogP contribution in [0.1, 0.15) is 52.3 Å². The second kappa shape index (κ2) is 12.8. The second-order valence-corrected chi connectivity index (χ2v) is 7.81. The summed E-state index contributed by atoms with van der Waals surface area (Å²) < 4.78 is 2.00. The Morgan fingerprint density at radius 2 is 1.94 bits per heavy atom. The highest BCUT2D eigenvalue weighted by atomic mass is 127. The van der Waals surface area contributed by atoms with Gasteiger partial charge in [-0.1, -0.05) is 19.9 Å². The molecule has 1 amide bonds. The third-order valence-corrected chi connectivity index (χ3v) is 5.82. The molecule has 0 saturated carbocycles. The average molecular weight is 541 g/mol. The van der Waals surface area contributed by atoms with E-state index >= 15 is 0 Å². The van der Waals surface area contributed by atoms with Gasteiger partial charge in [0.25, 0.3) is 0 Å². The number of aliphatic imine (C=N–C) groups is 1. The molecule has 0 atom stereocenters. The van der Waals surface area contributed by atoms with Crippen LogP contribution in [0.3, 0.4) is 0 Å². The molecule has 1 aliphatic rings. The molecule has 1 saturated heterocycles. The maximum absolute atomic E-state index is 12.6. The van der Waals surface area contributed by atoms with Crippen LogP contribution in [-0.2, 0) is 11.2 Å². The van der Waals surface area contributed by atoms with Gasteiger partial charge >= 0.3 is 0 Å². The highest BCUT2D eigenvalue weighted by Gasteiger charge is 2.26. The van der Waals surface area contributed by atoms with Gasteiger partial charge in [-0.3, -0.25) is 14.2 Å². The highest BCUT2D eigenvalue weighted by Crippen LogP contribution is 2.17. The molecule has 2 aromatic heterocycles. The number of hydrogen-bond acceptors (Lipinski definition) is 4. The van der Waals surface area contributed by atoms with Gasteiger partial charge in [0.15, 0.2) is 11.6 Å². The van der Waals surface area contributed by atoms with Gasteiger partial charge in [-0.25, -0.2) is 0 Å². The zero-order valence-corrected chi connectivity index (χ0v) is 21.2. The number of rotatable bonds is 8. The third-order valence-electron chi connectivity index (χ3n) is 5.82. The number of fused-ring (bicyclic) bond motifs is 1. The molecule has 0 aliphatic carbocycles. The van der Waals surface area contributed by atoms with Gasteiger partial charge in [0, 0.05) is 50.8 Å². The van der Waals surface area contributed by atoms with Crippen LogP contribution in [0.4, 0.5) is 0 Å². The number of carbonyl (C=O) groups is 1. The highest BCUT2D eigenvalue weighted by molar-refractivity contribution is 14.0. The van der Waals surface area contributed by atoms with E-state index in [-0.39, 0.29) is 29.9 Å². The van der Waals surface area contributed by atoms with Crippen LogP contribution < -0.4 is 10.6 Å². The normalized spacial score (nSPS) is 15.2. The van der Waals surface area contributed by atoms with Gasteiger partial charge in [0.05, 0.1) is 0 Å². The lowest BCUT2D eigenvalue weighted by atomic mass is 9.98. The smallest absolute Gasteiger partial charge is 0.225 e. The fourth-order valence-electron chi connectivity index (χ4n) is 3.98. The van der Waals surface area contributed by atoms with Crippen molar-refractivity contribution in [1.82, 2.24) is 30.1 Å². The van der Waals surface area contributed by atoms with Crippen molar-refractivity contribution in [2.24, 2.45) is 10.9 Å². The van der Waals surface area contributed by atoms with Crippen LogP contribution >= 0.6 is 24.0 Å². The van der Waals surface area contributed by atoms with Crippen molar-refractivity contribution >= 4 is 41.5 Å². The van der Waals surface area contributed by atoms with E-state index < -0.39 is 0 Å². The Balaban J connectivity index is 0.00000341. The number of halogens is 1. The minimum atomic E-state index is 0. The van der Waals surface area contributed by atoms with E-state index in [1.165, 1.54) is 0 Å². The van der Waals surface area contributed by atoms with Crippen LogP contribution in [0.5, 0.6) is 0 Å². The first kappa shape index (κ1) is 25.4. The maximum Gasteiger partial charge on any atom is 0.225 e. The van der Waals surface area contributed by atoms with Crippen molar-refractivity contribution < 1.29 is 4.79 Å². The molecular formula is C22H36IN7O. The summed E-state index contributed by atoms with van der Waals surface area (Å²) in [4.78, 5) is 19.4. The maximum atomic E-state index is 12.6. The Morgan fingerprint density at radius 3 is 2.61 bits per heavy atom. The molecule has 0 aromatic carbocycles. The number of amides is 1. The van der Waals surface area contributed by atoms with Gasteiger partial charge in [-0.2, -0.15) is 0 Å². The molecule has 1 aliphatic heterocycles. The number of guanidine groups is 1. The van der Waals surface area contributed by atoms with Crippen LogP contribution in [0.2, 0.25) is 0 Å². The van der Waals surface area contributed by atoms with Gasteiger partial charge in [-0.05, 0) is 44.7 Å². The summed E-state index contributed by atoms with van der Waals surface area (Å²) in [6, 6.07) is 6.23. The van der Waals surface area contributed by atoms with E-state index in [4.69, 9.17) is 4.99 Å². The van der Waals surface area contributed by atoms with Crippen molar-refractivity contribution in [1.29, 1.82) is 0 Å².